The van der Waals surface area contributed by atoms with Crippen LogP contribution < -0.4 is 5.73 Å². The molecular weight excluding hydrogens is 232 g/mol. The minimum Gasteiger partial charge on any atom is -0.481 e. The Kier molecular flexibility index (Phi) is 3.36. The fourth-order valence-corrected chi connectivity index (χ4v) is 3.03. The van der Waals surface area contributed by atoms with Crippen molar-refractivity contribution in [3.63, 3.8) is 0 Å². The number of carboxylic acids is 1. The summed E-state index contributed by atoms with van der Waals surface area (Å²) < 4.78 is 0. The molecule has 0 aromatic rings. The molecule has 1 aliphatic carbocycles. The molecule has 0 spiro atoms. The van der Waals surface area contributed by atoms with Crippen molar-refractivity contribution in [1.29, 1.82) is 0 Å². The quantitative estimate of drug-likeness (QED) is 0.781. The minimum atomic E-state index is -0.810. The molecule has 1 atom stereocenters. The summed E-state index contributed by atoms with van der Waals surface area (Å²) in [4.78, 5) is 25.5. The summed E-state index contributed by atoms with van der Waals surface area (Å²) in [5.74, 6) is -0.737. The molecule has 1 unspecified atom stereocenters. The molecule has 1 aliphatic heterocycles. The molecule has 2 aliphatic rings. The molecule has 102 valence electrons. The normalized spacial score (nSPS) is 30.7. The van der Waals surface area contributed by atoms with Crippen molar-refractivity contribution in [1.82, 2.24) is 4.90 Å². The summed E-state index contributed by atoms with van der Waals surface area (Å²) in [5.41, 5.74) is 4.55. The van der Waals surface area contributed by atoms with Crippen molar-refractivity contribution < 1.29 is 14.7 Å². The van der Waals surface area contributed by atoms with Crippen LogP contribution in [0.4, 0.5) is 0 Å². The zero-order chi connectivity index (χ0) is 13.4. The lowest BCUT2D eigenvalue weighted by Crippen LogP contribution is -2.56. The highest BCUT2D eigenvalue weighted by Gasteiger charge is 2.48. The molecule has 0 bridgehead atoms. The molecule has 3 N–H and O–H groups in total. The number of aliphatic carboxylic acids is 1. The van der Waals surface area contributed by atoms with Crippen molar-refractivity contribution in [3.05, 3.63) is 0 Å². The zero-order valence-corrected chi connectivity index (χ0v) is 10.9. The summed E-state index contributed by atoms with van der Waals surface area (Å²) >= 11 is 0. The molecule has 5 heteroatoms. The number of nitrogens with zero attached hydrogens (tertiary/aromatic N) is 1. The maximum atomic E-state index is 12.5. The predicted molar refractivity (Wildman–Crippen MR) is 66.9 cm³/mol. The molecule has 0 radical (unpaired) electrons. The standard InChI is InChI=1S/C13H22N2O3/c1-12(11(17)18)4-3-7-15(9-12)10(16)13(8-14)5-2-6-13/h2-9,14H2,1H3,(H,17,18). The SMILES string of the molecule is CC1(C(=O)O)CCCN(C(=O)C2(CN)CCC2)C1. The highest BCUT2D eigenvalue weighted by molar-refractivity contribution is 5.85. The Labute approximate surface area is 107 Å². The van der Waals surface area contributed by atoms with Crippen molar-refractivity contribution in [2.45, 2.75) is 39.0 Å². The summed E-state index contributed by atoms with van der Waals surface area (Å²) in [6, 6.07) is 0. The number of carbonyl (C=O) groups is 2. The first-order chi connectivity index (χ1) is 8.43. The molecule has 18 heavy (non-hydrogen) atoms. The van der Waals surface area contributed by atoms with E-state index >= 15 is 0 Å². The van der Waals surface area contributed by atoms with Crippen LogP contribution in [0.1, 0.15) is 39.0 Å². The predicted octanol–water partition coefficient (Wildman–Crippen LogP) is 0.829. The third-order valence-corrected chi connectivity index (χ3v) is 4.66. The molecule has 0 aromatic carbocycles. The fraction of sp³-hybridized carbons (Fsp3) is 0.846. The monoisotopic (exact) mass is 254 g/mol. The average molecular weight is 254 g/mol. The molecule has 5 nitrogen and oxygen atoms in total. The van der Waals surface area contributed by atoms with Gasteiger partial charge in [-0.2, -0.15) is 0 Å². The van der Waals surface area contributed by atoms with Crippen LogP contribution in [0.15, 0.2) is 0 Å². The molecular formula is C13H22N2O3. The van der Waals surface area contributed by atoms with E-state index in [0.717, 1.165) is 25.7 Å². The van der Waals surface area contributed by atoms with Gasteiger partial charge in [-0.15, -0.1) is 0 Å². The zero-order valence-electron chi connectivity index (χ0n) is 10.9. The van der Waals surface area contributed by atoms with Gasteiger partial charge < -0.3 is 15.7 Å². The van der Waals surface area contributed by atoms with E-state index in [0.29, 0.717) is 26.1 Å². The van der Waals surface area contributed by atoms with Crippen LogP contribution in [0.2, 0.25) is 0 Å². The van der Waals surface area contributed by atoms with Crippen LogP contribution in [-0.4, -0.2) is 41.5 Å². The van der Waals surface area contributed by atoms with Crippen molar-refractivity contribution in [2.24, 2.45) is 16.6 Å². The van der Waals surface area contributed by atoms with E-state index in [9.17, 15) is 14.7 Å². The first-order valence-electron chi connectivity index (χ1n) is 6.66. The number of rotatable bonds is 3. The van der Waals surface area contributed by atoms with Gasteiger partial charge in [0.1, 0.15) is 0 Å². The van der Waals surface area contributed by atoms with Gasteiger partial charge in [0.25, 0.3) is 0 Å². The number of piperidine rings is 1. The van der Waals surface area contributed by atoms with Crippen molar-refractivity contribution in [2.75, 3.05) is 19.6 Å². The minimum absolute atomic E-state index is 0.0726. The molecule has 0 aromatic heterocycles. The van der Waals surface area contributed by atoms with Gasteiger partial charge in [-0.05, 0) is 32.6 Å². The average Bonchev–Trinajstić information content (AvgIpc) is 2.28. The third kappa shape index (κ3) is 2.00. The Bertz CT molecular complexity index is 360. The van der Waals surface area contributed by atoms with Crippen LogP contribution in [0.25, 0.3) is 0 Å². The highest BCUT2D eigenvalue weighted by atomic mass is 16.4. The second-order valence-corrected chi connectivity index (χ2v) is 6.03. The largest absolute Gasteiger partial charge is 0.481 e. The van der Waals surface area contributed by atoms with Gasteiger partial charge in [0.15, 0.2) is 0 Å². The second kappa shape index (κ2) is 4.53. The van der Waals surface area contributed by atoms with Gasteiger partial charge >= 0.3 is 5.97 Å². The molecule has 2 fully saturated rings. The van der Waals surface area contributed by atoms with E-state index in [-0.39, 0.29) is 5.91 Å². The summed E-state index contributed by atoms with van der Waals surface area (Å²) in [5, 5.41) is 9.27. The Balaban J connectivity index is 2.09. The Morgan fingerprint density at radius 3 is 2.39 bits per heavy atom. The fourth-order valence-electron chi connectivity index (χ4n) is 3.03. The first kappa shape index (κ1) is 13.3. The van der Waals surface area contributed by atoms with Crippen molar-refractivity contribution >= 4 is 11.9 Å². The summed E-state index contributed by atoms with van der Waals surface area (Å²) in [7, 11) is 0. The number of carboxylic acid groups (broad SMARTS) is 1. The van der Waals surface area contributed by atoms with E-state index in [1.165, 1.54) is 0 Å². The molecule has 1 saturated heterocycles. The summed E-state index contributed by atoms with van der Waals surface area (Å²) in [6.07, 6.45) is 4.15. The van der Waals surface area contributed by atoms with Crippen LogP contribution in [-0.2, 0) is 9.59 Å². The van der Waals surface area contributed by atoms with Gasteiger partial charge in [-0.3, -0.25) is 9.59 Å². The van der Waals surface area contributed by atoms with Crippen molar-refractivity contribution in [3.8, 4) is 0 Å². The number of carbonyl (C=O) groups excluding carboxylic acids is 1. The maximum Gasteiger partial charge on any atom is 0.311 e. The van der Waals surface area contributed by atoms with Crippen LogP contribution in [0, 0.1) is 10.8 Å². The molecule has 1 saturated carbocycles. The van der Waals surface area contributed by atoms with Gasteiger partial charge in [-0.25, -0.2) is 0 Å². The van der Waals surface area contributed by atoms with E-state index in [4.69, 9.17) is 5.73 Å². The van der Waals surface area contributed by atoms with Crippen LogP contribution in [0.5, 0.6) is 0 Å². The van der Waals surface area contributed by atoms with Gasteiger partial charge in [0, 0.05) is 19.6 Å². The van der Waals surface area contributed by atoms with Gasteiger partial charge in [0.05, 0.1) is 10.8 Å². The lowest BCUT2D eigenvalue weighted by Gasteiger charge is -2.46. The van der Waals surface area contributed by atoms with Gasteiger partial charge in [0.2, 0.25) is 5.91 Å². The molecule has 2 rings (SSSR count). The number of amides is 1. The van der Waals surface area contributed by atoms with Gasteiger partial charge in [-0.1, -0.05) is 6.42 Å². The lowest BCUT2D eigenvalue weighted by atomic mass is 9.67. The maximum absolute atomic E-state index is 12.5. The molecule has 1 amide bonds. The second-order valence-electron chi connectivity index (χ2n) is 6.03. The van der Waals surface area contributed by atoms with E-state index in [1.807, 2.05) is 0 Å². The Morgan fingerprint density at radius 1 is 1.28 bits per heavy atom. The van der Waals surface area contributed by atoms with Crippen LogP contribution >= 0.6 is 0 Å². The number of hydrogen-bond acceptors (Lipinski definition) is 3. The number of likely N-dealkylation sites (tertiary alicyclic amines) is 1. The lowest BCUT2D eigenvalue weighted by molar-refractivity contribution is -0.158. The Hall–Kier alpha value is -1.10. The van der Waals surface area contributed by atoms with E-state index < -0.39 is 16.8 Å². The van der Waals surface area contributed by atoms with E-state index in [1.54, 1.807) is 11.8 Å². The smallest absolute Gasteiger partial charge is 0.311 e. The van der Waals surface area contributed by atoms with E-state index in [2.05, 4.69) is 0 Å². The Morgan fingerprint density at radius 2 is 1.94 bits per heavy atom. The topological polar surface area (TPSA) is 83.6 Å². The number of nitrogens with two attached hydrogens (primary N) is 1. The highest BCUT2D eigenvalue weighted by Crippen LogP contribution is 2.43. The first-order valence-corrected chi connectivity index (χ1v) is 6.66. The molecule has 1 heterocycles. The number of hydrogen-bond donors (Lipinski definition) is 2. The summed E-state index contributed by atoms with van der Waals surface area (Å²) in [6.45, 7) is 3.10. The van der Waals surface area contributed by atoms with Crippen LogP contribution in [0.3, 0.4) is 0 Å². The third-order valence-electron chi connectivity index (χ3n) is 4.66.